The molecule has 26 heavy (non-hydrogen) atoms. The van der Waals surface area contributed by atoms with Gasteiger partial charge >= 0.3 is 0 Å². The molecule has 3 rings (SSSR count). The van der Waals surface area contributed by atoms with E-state index in [4.69, 9.17) is 4.42 Å². The van der Waals surface area contributed by atoms with Crippen molar-refractivity contribution in [3.8, 4) is 17.2 Å². The van der Waals surface area contributed by atoms with Crippen molar-refractivity contribution < 1.29 is 29.9 Å². The summed E-state index contributed by atoms with van der Waals surface area (Å²) in [6, 6.07) is 5.51. The van der Waals surface area contributed by atoms with Crippen LogP contribution in [0.5, 0.6) is 17.2 Å². The van der Waals surface area contributed by atoms with Crippen LogP contribution >= 0.6 is 0 Å². The zero-order valence-electron chi connectivity index (χ0n) is 14.1. The topological polar surface area (TPSA) is 131 Å². The molecule has 7 nitrogen and oxygen atoms in total. The molecule has 3 aromatic rings. The standard InChI is InChI=1S/C19H18O7/c1-19(2,25)7-6-10(20)9-8-13-15(18(24)16(9)22)17(23)14-11(21)4-3-5-12(14)26-13/h3-8,10,20-22,24-25H,1-2H3/b7-6+. The number of benzene rings is 2. The fraction of sp³-hybridized carbons (Fsp3) is 0.211. The van der Waals surface area contributed by atoms with Gasteiger partial charge < -0.3 is 29.9 Å². The van der Waals surface area contributed by atoms with Gasteiger partial charge in [-0.2, -0.15) is 0 Å². The van der Waals surface area contributed by atoms with E-state index in [1.807, 2.05) is 0 Å². The van der Waals surface area contributed by atoms with Crippen LogP contribution in [0, 0.1) is 0 Å². The van der Waals surface area contributed by atoms with Crippen molar-refractivity contribution in [1.29, 1.82) is 0 Å². The largest absolute Gasteiger partial charge is 0.507 e. The highest BCUT2D eigenvalue weighted by atomic mass is 16.3. The van der Waals surface area contributed by atoms with Crippen LogP contribution < -0.4 is 5.43 Å². The van der Waals surface area contributed by atoms with Crippen LogP contribution in [0.15, 0.2) is 45.6 Å². The van der Waals surface area contributed by atoms with Crippen LogP contribution in [-0.4, -0.2) is 31.1 Å². The molecule has 2 aromatic carbocycles. The number of aromatic hydroxyl groups is 3. The second-order valence-corrected chi connectivity index (χ2v) is 6.58. The Morgan fingerprint density at radius 3 is 2.42 bits per heavy atom. The Morgan fingerprint density at radius 2 is 1.77 bits per heavy atom. The highest BCUT2D eigenvalue weighted by Gasteiger charge is 2.22. The Labute approximate surface area is 147 Å². The number of hydrogen-bond acceptors (Lipinski definition) is 7. The summed E-state index contributed by atoms with van der Waals surface area (Å²) in [5.41, 5.74) is -1.96. The maximum atomic E-state index is 12.6. The molecule has 0 aliphatic rings. The normalized spacial score (nSPS) is 13.7. The molecule has 0 saturated heterocycles. The predicted octanol–water partition coefficient (Wildman–Crippen LogP) is 2.42. The first kappa shape index (κ1) is 17.8. The predicted molar refractivity (Wildman–Crippen MR) is 95.4 cm³/mol. The van der Waals surface area contributed by atoms with E-state index in [1.165, 1.54) is 50.3 Å². The van der Waals surface area contributed by atoms with Crippen LogP contribution in [0.25, 0.3) is 21.9 Å². The van der Waals surface area contributed by atoms with Crippen LogP contribution in [0.2, 0.25) is 0 Å². The maximum absolute atomic E-state index is 12.6. The van der Waals surface area contributed by atoms with E-state index in [1.54, 1.807) is 0 Å². The SMILES string of the molecule is CC(C)(O)/C=C/C(O)c1cc2oc3cccc(O)c3c(=O)c2c(O)c1O. The van der Waals surface area contributed by atoms with E-state index in [0.29, 0.717) is 0 Å². The number of aliphatic hydroxyl groups is 2. The number of phenols is 3. The zero-order valence-corrected chi connectivity index (χ0v) is 14.1. The number of aliphatic hydroxyl groups excluding tert-OH is 1. The van der Waals surface area contributed by atoms with Gasteiger partial charge in [-0.3, -0.25) is 4.79 Å². The quantitative estimate of drug-likeness (QED) is 0.276. The Kier molecular flexibility index (Phi) is 4.14. The van der Waals surface area contributed by atoms with E-state index < -0.39 is 28.6 Å². The highest BCUT2D eigenvalue weighted by molar-refractivity contribution is 5.97. The third-order valence-electron chi connectivity index (χ3n) is 3.95. The van der Waals surface area contributed by atoms with Crippen molar-refractivity contribution in [1.82, 2.24) is 0 Å². The minimum absolute atomic E-state index is 0.0610. The summed E-state index contributed by atoms with van der Waals surface area (Å²) in [4.78, 5) is 12.6. The lowest BCUT2D eigenvalue weighted by Crippen LogP contribution is -2.14. The molecule has 0 fully saturated rings. The van der Waals surface area contributed by atoms with Gasteiger partial charge in [-0.05, 0) is 32.0 Å². The molecule has 0 saturated carbocycles. The monoisotopic (exact) mass is 358 g/mol. The Bertz CT molecular complexity index is 1090. The molecule has 136 valence electrons. The van der Waals surface area contributed by atoms with Crippen LogP contribution in [0.1, 0.15) is 25.5 Å². The first-order valence-electron chi connectivity index (χ1n) is 7.83. The van der Waals surface area contributed by atoms with Crippen molar-refractivity contribution in [2.75, 3.05) is 0 Å². The molecular weight excluding hydrogens is 340 g/mol. The van der Waals surface area contributed by atoms with Gasteiger partial charge in [0.25, 0.3) is 0 Å². The minimum atomic E-state index is -1.36. The average Bonchev–Trinajstić information content (AvgIpc) is 2.55. The van der Waals surface area contributed by atoms with Gasteiger partial charge in [-0.25, -0.2) is 0 Å². The van der Waals surface area contributed by atoms with Gasteiger partial charge in [-0.15, -0.1) is 0 Å². The molecule has 0 aliphatic carbocycles. The number of hydrogen-bond donors (Lipinski definition) is 5. The first-order chi connectivity index (χ1) is 12.1. The van der Waals surface area contributed by atoms with E-state index >= 15 is 0 Å². The van der Waals surface area contributed by atoms with Crippen molar-refractivity contribution in [3.05, 3.63) is 52.2 Å². The summed E-state index contributed by atoms with van der Waals surface area (Å²) in [7, 11) is 0. The molecule has 0 amide bonds. The average molecular weight is 358 g/mol. The van der Waals surface area contributed by atoms with Crippen LogP contribution in [-0.2, 0) is 0 Å². The maximum Gasteiger partial charge on any atom is 0.208 e. The summed E-state index contributed by atoms with van der Waals surface area (Å²) in [6.45, 7) is 3.01. The number of rotatable bonds is 3. The molecule has 5 N–H and O–H groups in total. The lowest BCUT2D eigenvalue weighted by atomic mass is 10.0. The Hall–Kier alpha value is -3.03. The van der Waals surface area contributed by atoms with Crippen LogP contribution in [0.4, 0.5) is 0 Å². The highest BCUT2D eigenvalue weighted by Crippen LogP contribution is 2.40. The molecule has 0 spiro atoms. The van der Waals surface area contributed by atoms with E-state index in [2.05, 4.69) is 0 Å². The van der Waals surface area contributed by atoms with Gasteiger partial charge in [0.1, 0.15) is 33.8 Å². The smallest absolute Gasteiger partial charge is 0.208 e. The van der Waals surface area contributed by atoms with E-state index in [0.717, 1.165) is 0 Å². The van der Waals surface area contributed by atoms with Gasteiger partial charge in [0.05, 0.1) is 5.60 Å². The summed E-state index contributed by atoms with van der Waals surface area (Å²) in [6.07, 6.45) is 1.21. The molecule has 1 atom stereocenters. The number of phenolic OH excluding ortho intramolecular Hbond substituents is 3. The lowest BCUT2D eigenvalue weighted by molar-refractivity contribution is 0.130. The second-order valence-electron chi connectivity index (χ2n) is 6.58. The Morgan fingerprint density at radius 1 is 1.08 bits per heavy atom. The molecular formula is C19H18O7. The van der Waals surface area contributed by atoms with Gasteiger partial charge in [-0.1, -0.05) is 18.2 Å². The van der Waals surface area contributed by atoms with Crippen molar-refractivity contribution in [2.45, 2.75) is 25.6 Å². The minimum Gasteiger partial charge on any atom is -0.507 e. The fourth-order valence-electron chi connectivity index (χ4n) is 2.69. The molecule has 0 bridgehead atoms. The number of fused-ring (bicyclic) bond motifs is 2. The van der Waals surface area contributed by atoms with Gasteiger partial charge in [0.2, 0.25) is 5.43 Å². The molecule has 1 unspecified atom stereocenters. The molecule has 1 aromatic heterocycles. The first-order valence-corrected chi connectivity index (χ1v) is 7.83. The lowest BCUT2D eigenvalue weighted by Gasteiger charge is -2.15. The van der Waals surface area contributed by atoms with E-state index in [9.17, 15) is 30.3 Å². The third-order valence-corrected chi connectivity index (χ3v) is 3.95. The fourth-order valence-corrected chi connectivity index (χ4v) is 2.69. The Balaban J connectivity index is 2.30. The van der Waals surface area contributed by atoms with Gasteiger partial charge in [0.15, 0.2) is 11.5 Å². The van der Waals surface area contributed by atoms with Crippen molar-refractivity contribution in [2.24, 2.45) is 0 Å². The third kappa shape index (κ3) is 2.98. The van der Waals surface area contributed by atoms with E-state index in [-0.39, 0.29) is 33.3 Å². The van der Waals surface area contributed by atoms with Gasteiger partial charge in [0, 0.05) is 5.56 Å². The molecule has 7 heteroatoms. The summed E-state index contributed by atoms with van der Waals surface area (Å²) in [5, 5.41) is 49.9. The summed E-state index contributed by atoms with van der Waals surface area (Å²) in [5.74, 6) is -1.76. The molecule has 0 radical (unpaired) electrons. The second kappa shape index (κ2) is 6.05. The van der Waals surface area contributed by atoms with Crippen molar-refractivity contribution >= 4 is 21.9 Å². The molecule has 1 heterocycles. The zero-order chi connectivity index (χ0) is 19.2. The summed E-state index contributed by atoms with van der Waals surface area (Å²) >= 11 is 0. The molecule has 0 aliphatic heterocycles. The van der Waals surface area contributed by atoms with Crippen molar-refractivity contribution in [3.63, 3.8) is 0 Å². The van der Waals surface area contributed by atoms with Crippen LogP contribution in [0.3, 0.4) is 0 Å². The summed E-state index contributed by atoms with van der Waals surface area (Å²) < 4.78 is 5.56.